The van der Waals surface area contributed by atoms with E-state index < -0.39 is 29.9 Å². The Kier molecular flexibility index (Phi) is 4.33. The largest absolute Gasteiger partial charge is 0.466 e. The Bertz CT molecular complexity index is 890. The molecule has 1 aliphatic rings. The minimum atomic E-state index is -1.35. The van der Waals surface area contributed by atoms with Crippen molar-refractivity contribution in [1.82, 2.24) is 10.2 Å². The Morgan fingerprint density at radius 1 is 1.23 bits per heavy atom. The Morgan fingerprint density at radius 3 is 2.65 bits per heavy atom. The van der Waals surface area contributed by atoms with Crippen LogP contribution in [-0.4, -0.2) is 35.1 Å². The molecule has 8 nitrogen and oxygen atoms in total. The van der Waals surface area contributed by atoms with Crippen LogP contribution in [0, 0.1) is 0 Å². The molecule has 4 amide bonds. The predicted octanol–water partition coefficient (Wildman–Crippen LogP) is 1.89. The molecule has 2 heterocycles. The number of nitrogens with one attached hydrogen (secondary N) is 2. The third-order valence-electron chi connectivity index (χ3n) is 4.14. The Morgan fingerprint density at radius 2 is 2.00 bits per heavy atom. The standard InChI is InChI=1S/C18H17N3O5/c1-11(22)12-5-3-6-13(9-12)19-15(23)10-21-16(24)18(2,20-17(21)25)14-7-4-8-26-14/h3-9H,10H2,1-2H3,(H,19,23)(H,20,25)/t18-/m1/s1. The summed E-state index contributed by atoms with van der Waals surface area (Å²) in [6.45, 7) is 2.48. The van der Waals surface area contributed by atoms with Crippen molar-refractivity contribution in [1.29, 1.82) is 0 Å². The van der Waals surface area contributed by atoms with E-state index in [-0.39, 0.29) is 11.5 Å². The summed E-state index contributed by atoms with van der Waals surface area (Å²) in [5.74, 6) is -0.986. The number of rotatable bonds is 5. The first kappa shape index (κ1) is 17.4. The van der Waals surface area contributed by atoms with Gasteiger partial charge in [0.15, 0.2) is 11.3 Å². The van der Waals surface area contributed by atoms with Crippen LogP contribution >= 0.6 is 0 Å². The fraction of sp³-hybridized carbons (Fsp3) is 0.222. The molecule has 1 saturated heterocycles. The highest BCUT2D eigenvalue weighted by Gasteiger charge is 2.51. The fourth-order valence-electron chi connectivity index (χ4n) is 2.73. The second-order valence-corrected chi connectivity index (χ2v) is 6.11. The van der Waals surface area contributed by atoms with Gasteiger partial charge in [-0.25, -0.2) is 4.79 Å². The number of imide groups is 1. The lowest BCUT2D eigenvalue weighted by Gasteiger charge is -2.18. The van der Waals surface area contributed by atoms with Crippen LogP contribution in [0.5, 0.6) is 0 Å². The SMILES string of the molecule is CC(=O)c1cccc(NC(=O)CN2C(=O)N[C@](C)(c3ccco3)C2=O)c1. The molecule has 26 heavy (non-hydrogen) atoms. The lowest BCUT2D eigenvalue weighted by molar-refractivity contribution is -0.134. The number of hydrogen-bond donors (Lipinski definition) is 2. The number of nitrogens with zero attached hydrogens (tertiary/aromatic N) is 1. The first-order chi connectivity index (χ1) is 12.3. The fourth-order valence-corrected chi connectivity index (χ4v) is 2.73. The van der Waals surface area contributed by atoms with Crippen molar-refractivity contribution in [2.24, 2.45) is 0 Å². The van der Waals surface area contributed by atoms with E-state index in [1.165, 1.54) is 26.2 Å². The van der Waals surface area contributed by atoms with E-state index in [4.69, 9.17) is 4.42 Å². The van der Waals surface area contributed by atoms with Gasteiger partial charge in [-0.3, -0.25) is 19.3 Å². The van der Waals surface area contributed by atoms with Crippen molar-refractivity contribution in [3.63, 3.8) is 0 Å². The van der Waals surface area contributed by atoms with Crippen molar-refractivity contribution >= 4 is 29.3 Å². The van der Waals surface area contributed by atoms with E-state index >= 15 is 0 Å². The highest BCUT2D eigenvalue weighted by Crippen LogP contribution is 2.28. The molecule has 1 aliphatic heterocycles. The van der Waals surface area contributed by atoms with Crippen molar-refractivity contribution in [3.8, 4) is 0 Å². The number of anilines is 1. The van der Waals surface area contributed by atoms with Crippen LogP contribution in [0.3, 0.4) is 0 Å². The molecule has 3 rings (SSSR count). The minimum absolute atomic E-state index is 0.135. The first-order valence-corrected chi connectivity index (χ1v) is 7.90. The van der Waals surface area contributed by atoms with Crippen LogP contribution in [0.15, 0.2) is 47.1 Å². The third kappa shape index (κ3) is 3.08. The van der Waals surface area contributed by atoms with Gasteiger partial charge in [-0.1, -0.05) is 12.1 Å². The molecular weight excluding hydrogens is 338 g/mol. The van der Waals surface area contributed by atoms with Crippen LogP contribution in [-0.2, 0) is 15.1 Å². The number of urea groups is 1. The Hall–Kier alpha value is -3.42. The smallest absolute Gasteiger partial charge is 0.325 e. The monoisotopic (exact) mass is 355 g/mol. The molecule has 2 aromatic rings. The minimum Gasteiger partial charge on any atom is -0.466 e. The van der Waals surface area contributed by atoms with E-state index in [1.807, 2.05) is 0 Å². The molecule has 0 bridgehead atoms. The molecule has 0 radical (unpaired) electrons. The number of carbonyl (C=O) groups excluding carboxylic acids is 4. The summed E-state index contributed by atoms with van der Waals surface area (Å²) in [6.07, 6.45) is 1.40. The Labute approximate surface area is 149 Å². The topological polar surface area (TPSA) is 109 Å². The van der Waals surface area contributed by atoms with Crippen molar-refractivity contribution in [3.05, 3.63) is 54.0 Å². The number of hydrogen-bond acceptors (Lipinski definition) is 5. The molecule has 1 atom stereocenters. The van der Waals surface area contributed by atoms with E-state index in [0.29, 0.717) is 11.3 Å². The zero-order valence-electron chi connectivity index (χ0n) is 14.2. The molecule has 0 saturated carbocycles. The van der Waals surface area contributed by atoms with Crippen molar-refractivity contribution in [2.75, 3.05) is 11.9 Å². The summed E-state index contributed by atoms with van der Waals surface area (Å²) in [4.78, 5) is 49.3. The molecule has 2 N–H and O–H groups in total. The molecule has 0 aliphatic carbocycles. The van der Waals surface area contributed by atoms with E-state index in [1.54, 1.807) is 30.3 Å². The summed E-state index contributed by atoms with van der Waals surface area (Å²) in [5, 5.41) is 5.12. The van der Waals surface area contributed by atoms with Gasteiger partial charge in [0.1, 0.15) is 12.3 Å². The highest BCUT2D eigenvalue weighted by molar-refractivity contribution is 6.10. The zero-order chi connectivity index (χ0) is 18.9. The van der Waals surface area contributed by atoms with Gasteiger partial charge in [-0.2, -0.15) is 0 Å². The quantitative estimate of drug-likeness (QED) is 0.629. The number of Topliss-reactive ketones (excluding diaryl/α,β-unsaturated/α-hetero) is 1. The first-order valence-electron chi connectivity index (χ1n) is 7.90. The molecule has 134 valence electrons. The highest BCUT2D eigenvalue weighted by atomic mass is 16.3. The van der Waals surface area contributed by atoms with Gasteiger partial charge in [-0.15, -0.1) is 0 Å². The third-order valence-corrected chi connectivity index (χ3v) is 4.14. The molecule has 0 unspecified atom stereocenters. The second kappa shape index (κ2) is 6.47. The molecule has 1 aromatic heterocycles. The average Bonchev–Trinajstić information content (AvgIpc) is 3.20. The molecule has 0 spiro atoms. The summed E-state index contributed by atoms with van der Waals surface area (Å²) in [5.41, 5.74) is -0.498. The van der Waals surface area contributed by atoms with Crippen LogP contribution in [0.25, 0.3) is 0 Å². The van der Waals surface area contributed by atoms with Crippen LogP contribution in [0.4, 0.5) is 10.5 Å². The summed E-state index contributed by atoms with van der Waals surface area (Å²) in [6, 6.07) is 8.91. The summed E-state index contributed by atoms with van der Waals surface area (Å²) >= 11 is 0. The maximum Gasteiger partial charge on any atom is 0.325 e. The van der Waals surface area contributed by atoms with Gasteiger partial charge in [0.2, 0.25) is 5.91 Å². The van der Waals surface area contributed by atoms with E-state index in [2.05, 4.69) is 10.6 Å². The van der Waals surface area contributed by atoms with Crippen molar-refractivity contribution in [2.45, 2.75) is 19.4 Å². The number of benzene rings is 1. The summed E-state index contributed by atoms with van der Waals surface area (Å²) in [7, 11) is 0. The van der Waals surface area contributed by atoms with Crippen molar-refractivity contribution < 1.29 is 23.6 Å². The lowest BCUT2D eigenvalue weighted by atomic mass is 9.99. The van der Waals surface area contributed by atoms with Gasteiger partial charge in [-0.05, 0) is 38.1 Å². The number of ketones is 1. The number of furan rings is 1. The number of amides is 4. The summed E-state index contributed by atoms with van der Waals surface area (Å²) < 4.78 is 5.23. The predicted molar refractivity (Wildman–Crippen MR) is 91.4 cm³/mol. The molecule has 1 aromatic carbocycles. The Balaban J connectivity index is 1.72. The van der Waals surface area contributed by atoms with Crippen LogP contribution in [0.1, 0.15) is 30.0 Å². The molecular formula is C18H17N3O5. The van der Waals surface area contributed by atoms with E-state index in [9.17, 15) is 19.2 Å². The zero-order valence-corrected chi connectivity index (χ0v) is 14.2. The second-order valence-electron chi connectivity index (χ2n) is 6.11. The molecule has 1 fully saturated rings. The van der Waals surface area contributed by atoms with Gasteiger partial charge < -0.3 is 15.1 Å². The normalized spacial score (nSPS) is 19.4. The van der Waals surface area contributed by atoms with E-state index in [0.717, 1.165) is 4.90 Å². The van der Waals surface area contributed by atoms with Gasteiger partial charge in [0, 0.05) is 11.3 Å². The van der Waals surface area contributed by atoms with Gasteiger partial charge in [0.05, 0.1) is 6.26 Å². The van der Waals surface area contributed by atoms with Crippen LogP contribution in [0.2, 0.25) is 0 Å². The average molecular weight is 355 g/mol. The lowest BCUT2D eigenvalue weighted by Crippen LogP contribution is -2.41. The number of carbonyl (C=O) groups is 4. The molecule has 8 heteroatoms. The maximum atomic E-state index is 12.6. The van der Waals surface area contributed by atoms with Crippen LogP contribution < -0.4 is 10.6 Å². The maximum absolute atomic E-state index is 12.6. The van der Waals surface area contributed by atoms with Gasteiger partial charge >= 0.3 is 6.03 Å². The van der Waals surface area contributed by atoms with Gasteiger partial charge in [0.25, 0.3) is 5.91 Å².